The number of nitrogens with one attached hydrogen (secondary N) is 1. The van der Waals surface area contributed by atoms with Crippen LogP contribution in [0.1, 0.15) is 17.3 Å². The number of aromatic carboxylic acids is 1. The topological polar surface area (TPSA) is 49.3 Å². The second-order valence-electron chi connectivity index (χ2n) is 3.09. The van der Waals surface area contributed by atoms with E-state index in [1.165, 1.54) is 11.8 Å². The first-order valence-electron chi connectivity index (χ1n) is 5.04. The van der Waals surface area contributed by atoms with Crippen LogP contribution in [-0.4, -0.2) is 23.4 Å². The van der Waals surface area contributed by atoms with Gasteiger partial charge in [0.05, 0.1) is 11.3 Å². The highest BCUT2D eigenvalue weighted by Crippen LogP contribution is 2.28. The molecular formula is C12H15NO2S. The van der Waals surface area contributed by atoms with Gasteiger partial charge in [0.15, 0.2) is 0 Å². The van der Waals surface area contributed by atoms with E-state index in [0.717, 1.165) is 10.6 Å². The Morgan fingerprint density at radius 2 is 2.38 bits per heavy atom. The maximum atomic E-state index is 11.2. The lowest BCUT2D eigenvalue weighted by molar-refractivity contribution is 0.0694. The number of anilines is 1. The molecular weight excluding hydrogens is 222 g/mol. The lowest BCUT2D eigenvalue weighted by Crippen LogP contribution is -2.07. The average molecular weight is 237 g/mol. The van der Waals surface area contributed by atoms with Gasteiger partial charge in [-0.3, -0.25) is 0 Å². The van der Waals surface area contributed by atoms with Crippen LogP contribution in [0.2, 0.25) is 0 Å². The molecule has 0 atom stereocenters. The van der Waals surface area contributed by atoms with Crippen molar-refractivity contribution in [1.82, 2.24) is 0 Å². The Balaban J connectivity index is 3.10. The van der Waals surface area contributed by atoms with Gasteiger partial charge in [-0.15, -0.1) is 18.3 Å². The summed E-state index contributed by atoms with van der Waals surface area (Å²) in [7, 11) is 0. The molecule has 0 aliphatic carbocycles. The Kier molecular flexibility index (Phi) is 4.92. The minimum Gasteiger partial charge on any atom is -0.478 e. The summed E-state index contributed by atoms with van der Waals surface area (Å²) in [6.07, 6.45) is 1.70. The molecule has 0 bridgehead atoms. The number of rotatable bonds is 6. The predicted octanol–water partition coefficient (Wildman–Crippen LogP) is 3.09. The fourth-order valence-corrected chi connectivity index (χ4v) is 2.18. The highest BCUT2D eigenvalue weighted by molar-refractivity contribution is 7.99. The molecule has 0 unspecified atom stereocenters. The number of carboxylic acids is 1. The lowest BCUT2D eigenvalue weighted by Gasteiger charge is -2.11. The van der Waals surface area contributed by atoms with Crippen molar-refractivity contribution in [3.8, 4) is 0 Å². The second-order valence-corrected chi connectivity index (χ2v) is 4.39. The van der Waals surface area contributed by atoms with Gasteiger partial charge >= 0.3 is 5.97 Å². The zero-order chi connectivity index (χ0) is 12.0. The Morgan fingerprint density at radius 1 is 1.62 bits per heavy atom. The van der Waals surface area contributed by atoms with Crippen LogP contribution in [0, 0.1) is 0 Å². The molecule has 0 heterocycles. The summed E-state index contributed by atoms with van der Waals surface area (Å²) < 4.78 is 0. The largest absolute Gasteiger partial charge is 0.478 e. The third kappa shape index (κ3) is 3.03. The van der Waals surface area contributed by atoms with E-state index in [1.54, 1.807) is 12.1 Å². The Labute approximate surface area is 99.6 Å². The van der Waals surface area contributed by atoms with Gasteiger partial charge in [0.2, 0.25) is 0 Å². The van der Waals surface area contributed by atoms with Crippen molar-refractivity contribution in [3.05, 3.63) is 36.4 Å². The molecule has 2 N–H and O–H groups in total. The van der Waals surface area contributed by atoms with Crippen molar-refractivity contribution < 1.29 is 9.90 Å². The highest BCUT2D eigenvalue weighted by Gasteiger charge is 2.14. The summed E-state index contributed by atoms with van der Waals surface area (Å²) in [5.41, 5.74) is 0.988. The Bertz CT molecular complexity index is 391. The molecule has 0 saturated carbocycles. The zero-order valence-electron chi connectivity index (χ0n) is 9.19. The molecule has 0 aromatic heterocycles. The molecule has 0 spiro atoms. The number of thioether (sulfide) groups is 1. The van der Waals surface area contributed by atoms with E-state index in [4.69, 9.17) is 0 Å². The van der Waals surface area contributed by atoms with Crippen molar-refractivity contribution in [2.45, 2.75) is 11.8 Å². The monoisotopic (exact) mass is 237 g/mol. The van der Waals surface area contributed by atoms with Gasteiger partial charge in [0.1, 0.15) is 0 Å². The van der Waals surface area contributed by atoms with Crippen LogP contribution in [0.5, 0.6) is 0 Å². The van der Waals surface area contributed by atoms with Crippen molar-refractivity contribution in [1.29, 1.82) is 0 Å². The molecule has 0 fully saturated rings. The summed E-state index contributed by atoms with van der Waals surface area (Å²) in [6.45, 7) is 6.15. The minimum absolute atomic E-state index is 0.344. The molecule has 1 aromatic carbocycles. The van der Waals surface area contributed by atoms with E-state index in [1.807, 2.05) is 19.1 Å². The van der Waals surface area contributed by atoms with Gasteiger partial charge in [0.25, 0.3) is 0 Å². The molecule has 0 aliphatic rings. The molecule has 3 nitrogen and oxygen atoms in total. The molecule has 4 heteroatoms. The average Bonchev–Trinajstić information content (AvgIpc) is 2.26. The first-order chi connectivity index (χ1) is 7.70. The van der Waals surface area contributed by atoms with Crippen LogP contribution in [0.4, 0.5) is 5.69 Å². The summed E-state index contributed by atoms with van der Waals surface area (Å²) in [6, 6.07) is 5.46. The lowest BCUT2D eigenvalue weighted by atomic mass is 10.2. The number of hydrogen-bond donors (Lipinski definition) is 2. The second kappa shape index (κ2) is 6.23. The molecule has 1 rings (SSSR count). The minimum atomic E-state index is -0.900. The van der Waals surface area contributed by atoms with Crippen LogP contribution in [0.15, 0.2) is 35.7 Å². The fourth-order valence-electron chi connectivity index (χ4n) is 1.36. The standard InChI is InChI=1S/C12H15NO2S/c1-3-8-13-9-6-5-7-10(16-4-2)11(9)12(14)15/h3,5-7,13H,1,4,8H2,2H3,(H,14,15). The number of carbonyl (C=O) groups is 1. The van der Waals surface area contributed by atoms with Crippen molar-refractivity contribution in [3.63, 3.8) is 0 Å². The third-order valence-electron chi connectivity index (χ3n) is 1.98. The number of hydrogen-bond acceptors (Lipinski definition) is 3. The Hall–Kier alpha value is -1.42. The van der Waals surface area contributed by atoms with Crippen molar-refractivity contribution in [2.24, 2.45) is 0 Å². The summed E-state index contributed by atoms with van der Waals surface area (Å²) in [5, 5.41) is 12.2. The maximum absolute atomic E-state index is 11.2. The fraction of sp³-hybridized carbons (Fsp3) is 0.250. The van der Waals surface area contributed by atoms with Gasteiger partial charge in [0, 0.05) is 11.4 Å². The quantitative estimate of drug-likeness (QED) is 0.589. The summed E-state index contributed by atoms with van der Waals surface area (Å²) >= 11 is 1.53. The molecule has 86 valence electrons. The van der Waals surface area contributed by atoms with Gasteiger partial charge in [-0.25, -0.2) is 4.79 Å². The number of benzene rings is 1. The molecule has 16 heavy (non-hydrogen) atoms. The normalized spacial score (nSPS) is 9.81. The van der Waals surface area contributed by atoms with E-state index in [9.17, 15) is 9.90 Å². The van der Waals surface area contributed by atoms with Crippen molar-refractivity contribution >= 4 is 23.4 Å². The van der Waals surface area contributed by atoms with Crippen molar-refractivity contribution in [2.75, 3.05) is 17.6 Å². The number of carboxylic acid groups (broad SMARTS) is 1. The van der Waals surface area contributed by atoms with Gasteiger partial charge in [-0.05, 0) is 17.9 Å². The van der Waals surface area contributed by atoms with Gasteiger partial charge in [-0.2, -0.15) is 0 Å². The Morgan fingerprint density at radius 3 is 2.94 bits per heavy atom. The van der Waals surface area contributed by atoms with Gasteiger partial charge < -0.3 is 10.4 Å². The first kappa shape index (κ1) is 12.6. The van der Waals surface area contributed by atoms with E-state index in [-0.39, 0.29) is 0 Å². The van der Waals surface area contributed by atoms with E-state index in [2.05, 4.69) is 11.9 Å². The van der Waals surface area contributed by atoms with E-state index < -0.39 is 5.97 Å². The van der Waals surface area contributed by atoms with E-state index >= 15 is 0 Å². The van der Waals surface area contributed by atoms with Gasteiger partial charge in [-0.1, -0.05) is 19.1 Å². The molecule has 0 amide bonds. The smallest absolute Gasteiger partial charge is 0.338 e. The first-order valence-corrected chi connectivity index (χ1v) is 6.03. The highest BCUT2D eigenvalue weighted by atomic mass is 32.2. The zero-order valence-corrected chi connectivity index (χ0v) is 10.0. The van der Waals surface area contributed by atoms with Crippen LogP contribution in [0.3, 0.4) is 0 Å². The summed E-state index contributed by atoms with van der Waals surface area (Å²) in [5.74, 6) is -0.0475. The SMILES string of the molecule is C=CCNc1cccc(SCC)c1C(=O)O. The van der Waals surface area contributed by atoms with Crippen LogP contribution in [-0.2, 0) is 0 Å². The third-order valence-corrected chi connectivity index (χ3v) is 2.92. The molecule has 1 aromatic rings. The van der Waals surface area contributed by atoms with Crippen LogP contribution >= 0.6 is 11.8 Å². The maximum Gasteiger partial charge on any atom is 0.338 e. The summed E-state index contributed by atoms with van der Waals surface area (Å²) in [4.78, 5) is 12.0. The van der Waals surface area contributed by atoms with E-state index in [0.29, 0.717) is 17.8 Å². The predicted molar refractivity (Wildman–Crippen MR) is 68.5 cm³/mol. The van der Waals surface area contributed by atoms with Crippen LogP contribution in [0.25, 0.3) is 0 Å². The molecule has 0 radical (unpaired) electrons. The molecule has 0 aliphatic heterocycles. The molecule has 0 saturated heterocycles. The van der Waals surface area contributed by atoms with Crippen LogP contribution < -0.4 is 5.32 Å².